The van der Waals surface area contributed by atoms with Crippen LogP contribution in [0.5, 0.6) is 0 Å². The molecule has 100 valence electrons. The minimum atomic E-state index is -4.31. The molecule has 3 nitrogen and oxygen atoms in total. The van der Waals surface area contributed by atoms with Crippen LogP contribution in [0.3, 0.4) is 0 Å². The summed E-state index contributed by atoms with van der Waals surface area (Å²) in [4.78, 5) is 12.7. The summed E-state index contributed by atoms with van der Waals surface area (Å²) in [6.07, 6.45) is -1.73. The Hall–Kier alpha value is -0.780. The normalized spacial score (nSPS) is 20.6. The quantitative estimate of drug-likeness (QED) is 0.811. The first-order valence-corrected chi connectivity index (χ1v) is 6.00. The summed E-state index contributed by atoms with van der Waals surface area (Å²) in [7, 11) is 0. The Morgan fingerprint density at radius 1 is 1.47 bits per heavy atom. The van der Waals surface area contributed by atoms with Gasteiger partial charge in [-0.1, -0.05) is 6.92 Å². The molecule has 0 aromatic heterocycles. The maximum atomic E-state index is 12.3. The molecule has 17 heavy (non-hydrogen) atoms. The second-order valence-electron chi connectivity index (χ2n) is 4.43. The fraction of sp³-hybridized carbons (Fsp3) is 0.909. The van der Waals surface area contributed by atoms with Crippen LogP contribution >= 0.6 is 0 Å². The van der Waals surface area contributed by atoms with Crippen molar-refractivity contribution in [2.24, 2.45) is 0 Å². The lowest BCUT2D eigenvalue weighted by atomic mass is 10.1. The van der Waals surface area contributed by atoms with Gasteiger partial charge in [-0.2, -0.15) is 13.2 Å². The van der Waals surface area contributed by atoms with Gasteiger partial charge in [-0.05, 0) is 25.8 Å². The summed E-state index contributed by atoms with van der Waals surface area (Å²) in [6.45, 7) is 1.66. The molecule has 1 saturated heterocycles. The van der Waals surface area contributed by atoms with Crippen LogP contribution in [0.4, 0.5) is 13.2 Å². The lowest BCUT2D eigenvalue weighted by Crippen LogP contribution is -2.41. The smallest absolute Gasteiger partial charge is 0.334 e. The van der Waals surface area contributed by atoms with Crippen LogP contribution in [0.15, 0.2) is 0 Å². The molecule has 1 fully saturated rings. The number of nitrogens with one attached hydrogen (secondary N) is 1. The van der Waals surface area contributed by atoms with Gasteiger partial charge in [0.25, 0.3) is 0 Å². The van der Waals surface area contributed by atoms with Crippen molar-refractivity contribution in [3.8, 4) is 0 Å². The minimum Gasteiger partial charge on any atom is -0.334 e. The van der Waals surface area contributed by atoms with Crippen molar-refractivity contribution in [3.05, 3.63) is 0 Å². The van der Waals surface area contributed by atoms with Gasteiger partial charge < -0.3 is 10.2 Å². The van der Waals surface area contributed by atoms with Crippen molar-refractivity contribution in [1.82, 2.24) is 10.2 Å². The maximum absolute atomic E-state index is 12.3. The summed E-state index contributed by atoms with van der Waals surface area (Å²) in [6, 6.07) is 0.0510. The molecule has 0 aromatic carbocycles. The van der Waals surface area contributed by atoms with Crippen LogP contribution in [0, 0.1) is 0 Å². The Kier molecular flexibility index (Phi) is 5.24. The monoisotopic (exact) mass is 252 g/mol. The number of halogens is 3. The van der Waals surface area contributed by atoms with E-state index in [1.54, 1.807) is 6.92 Å². The van der Waals surface area contributed by atoms with Crippen molar-refractivity contribution >= 4 is 5.91 Å². The first-order valence-electron chi connectivity index (χ1n) is 6.00. The average Bonchev–Trinajstić information content (AvgIpc) is 2.67. The summed E-state index contributed by atoms with van der Waals surface area (Å²) in [5.41, 5.74) is 0. The predicted octanol–water partition coefficient (Wildman–Crippen LogP) is 1.93. The third-order valence-corrected chi connectivity index (χ3v) is 2.80. The molecule has 0 spiro atoms. The molecule has 6 heteroatoms. The Labute approximate surface area is 99.4 Å². The van der Waals surface area contributed by atoms with E-state index in [0.717, 1.165) is 24.3 Å². The molecule has 1 aliphatic rings. The molecule has 1 heterocycles. The summed E-state index contributed by atoms with van der Waals surface area (Å²) < 4.78 is 36.9. The van der Waals surface area contributed by atoms with Crippen LogP contribution in [-0.2, 0) is 4.79 Å². The van der Waals surface area contributed by atoms with Gasteiger partial charge in [-0.3, -0.25) is 4.79 Å². The zero-order valence-electron chi connectivity index (χ0n) is 10.0. The number of nitrogens with zero attached hydrogens (tertiary/aromatic N) is 1. The van der Waals surface area contributed by atoms with Crippen molar-refractivity contribution < 1.29 is 18.0 Å². The van der Waals surface area contributed by atoms with Crippen molar-refractivity contribution in [1.29, 1.82) is 0 Å². The van der Waals surface area contributed by atoms with Gasteiger partial charge in [-0.15, -0.1) is 0 Å². The third kappa shape index (κ3) is 5.39. The Balaban J connectivity index is 2.47. The second-order valence-corrected chi connectivity index (χ2v) is 4.43. The van der Waals surface area contributed by atoms with Gasteiger partial charge in [0.1, 0.15) is 6.54 Å². The highest BCUT2D eigenvalue weighted by Gasteiger charge is 2.33. The number of alkyl halides is 3. The van der Waals surface area contributed by atoms with Crippen LogP contribution in [0.1, 0.15) is 32.6 Å². The lowest BCUT2D eigenvalue weighted by molar-refractivity contribution is -0.161. The van der Waals surface area contributed by atoms with E-state index in [4.69, 9.17) is 0 Å². The summed E-state index contributed by atoms with van der Waals surface area (Å²) >= 11 is 0. The maximum Gasteiger partial charge on any atom is 0.406 e. The predicted molar refractivity (Wildman–Crippen MR) is 58.6 cm³/mol. The van der Waals surface area contributed by atoms with Crippen LogP contribution in [0.2, 0.25) is 0 Å². The fourth-order valence-electron chi connectivity index (χ4n) is 2.05. The Morgan fingerprint density at radius 3 is 2.65 bits per heavy atom. The number of hydrogen-bond donors (Lipinski definition) is 1. The SMILES string of the molecule is CCCN(CC(F)(F)F)C(=O)CC1CCCN1. The van der Waals surface area contributed by atoms with Gasteiger partial charge >= 0.3 is 6.18 Å². The Bertz CT molecular complexity index is 250. The fourth-order valence-corrected chi connectivity index (χ4v) is 2.05. The molecule has 0 saturated carbocycles. The lowest BCUT2D eigenvalue weighted by Gasteiger charge is -2.24. The van der Waals surface area contributed by atoms with Gasteiger partial charge in [0.05, 0.1) is 0 Å². The zero-order chi connectivity index (χ0) is 12.9. The van der Waals surface area contributed by atoms with Gasteiger partial charge in [0, 0.05) is 19.0 Å². The molecular weight excluding hydrogens is 233 g/mol. The number of hydrogen-bond acceptors (Lipinski definition) is 2. The summed E-state index contributed by atoms with van der Waals surface area (Å²) in [5, 5.41) is 3.12. The first kappa shape index (κ1) is 14.3. The standard InChI is InChI=1S/C11H19F3N2O/c1-2-6-16(8-11(12,13)14)10(17)7-9-4-3-5-15-9/h9,15H,2-8H2,1H3. The third-order valence-electron chi connectivity index (χ3n) is 2.80. The van der Waals surface area contributed by atoms with E-state index in [1.165, 1.54) is 0 Å². The van der Waals surface area contributed by atoms with E-state index in [2.05, 4.69) is 5.32 Å². The van der Waals surface area contributed by atoms with Crippen LogP contribution in [0.25, 0.3) is 0 Å². The number of carbonyl (C=O) groups excluding carboxylic acids is 1. The van der Waals surface area contributed by atoms with E-state index in [-0.39, 0.29) is 19.0 Å². The highest BCUT2D eigenvalue weighted by molar-refractivity contribution is 5.76. The number of carbonyl (C=O) groups is 1. The van der Waals surface area contributed by atoms with Crippen molar-refractivity contribution in [2.75, 3.05) is 19.6 Å². The molecule has 0 aromatic rings. The van der Waals surface area contributed by atoms with E-state index in [9.17, 15) is 18.0 Å². The van der Waals surface area contributed by atoms with E-state index in [0.29, 0.717) is 6.42 Å². The molecule has 1 rings (SSSR count). The minimum absolute atomic E-state index is 0.0510. The Morgan fingerprint density at radius 2 is 2.18 bits per heavy atom. The first-order chi connectivity index (χ1) is 7.92. The average molecular weight is 252 g/mol. The van der Waals surface area contributed by atoms with E-state index >= 15 is 0 Å². The van der Waals surface area contributed by atoms with Gasteiger partial charge in [0.15, 0.2) is 0 Å². The van der Waals surface area contributed by atoms with Gasteiger partial charge in [0.2, 0.25) is 5.91 Å². The molecule has 0 radical (unpaired) electrons. The molecule has 1 unspecified atom stereocenters. The molecule has 1 amide bonds. The van der Waals surface area contributed by atoms with Crippen LogP contribution < -0.4 is 5.32 Å². The second kappa shape index (κ2) is 6.23. The molecule has 1 atom stereocenters. The molecule has 1 N–H and O–H groups in total. The highest BCUT2D eigenvalue weighted by atomic mass is 19.4. The van der Waals surface area contributed by atoms with Gasteiger partial charge in [-0.25, -0.2) is 0 Å². The molecule has 0 bridgehead atoms. The van der Waals surface area contributed by atoms with E-state index in [1.807, 2.05) is 0 Å². The summed E-state index contributed by atoms with van der Waals surface area (Å²) in [5.74, 6) is -0.399. The molecule has 0 aliphatic carbocycles. The van der Waals surface area contributed by atoms with Crippen LogP contribution in [-0.4, -0.2) is 42.7 Å². The molecular formula is C11H19F3N2O. The van der Waals surface area contributed by atoms with E-state index < -0.39 is 18.6 Å². The van der Waals surface area contributed by atoms with Crippen molar-refractivity contribution in [2.45, 2.75) is 44.8 Å². The topological polar surface area (TPSA) is 32.3 Å². The van der Waals surface area contributed by atoms with Crippen molar-refractivity contribution in [3.63, 3.8) is 0 Å². The zero-order valence-corrected chi connectivity index (χ0v) is 10.0. The molecule has 1 aliphatic heterocycles. The highest BCUT2D eigenvalue weighted by Crippen LogP contribution is 2.18. The number of amides is 1. The number of rotatable bonds is 5. The largest absolute Gasteiger partial charge is 0.406 e.